The van der Waals surface area contributed by atoms with E-state index in [-0.39, 0.29) is 17.1 Å². The van der Waals surface area contributed by atoms with E-state index in [9.17, 15) is 19.5 Å². The van der Waals surface area contributed by atoms with Gasteiger partial charge < -0.3 is 24.1 Å². The minimum absolute atomic E-state index is 0.115. The largest absolute Gasteiger partial charge is 0.479 e. The minimum atomic E-state index is -1.16. The van der Waals surface area contributed by atoms with Crippen molar-refractivity contribution in [3.63, 3.8) is 0 Å². The number of aliphatic carboxylic acids is 2. The second kappa shape index (κ2) is 7.30. The van der Waals surface area contributed by atoms with E-state index in [0.29, 0.717) is 23.8 Å². The van der Waals surface area contributed by atoms with Gasteiger partial charge in [-0.3, -0.25) is 0 Å². The van der Waals surface area contributed by atoms with Crippen molar-refractivity contribution in [1.29, 1.82) is 0 Å². The van der Waals surface area contributed by atoms with Crippen molar-refractivity contribution in [1.82, 2.24) is 0 Å². The first-order valence-corrected chi connectivity index (χ1v) is 8.69. The van der Waals surface area contributed by atoms with Crippen LogP contribution < -0.4 is 15.1 Å². The maximum atomic E-state index is 12.3. The van der Waals surface area contributed by atoms with Gasteiger partial charge in [0, 0.05) is 17.7 Å². The minimum Gasteiger partial charge on any atom is -0.479 e. The third-order valence-corrected chi connectivity index (χ3v) is 4.57. The highest BCUT2D eigenvalue weighted by atomic mass is 16.5. The Bertz CT molecular complexity index is 958. The van der Waals surface area contributed by atoms with Gasteiger partial charge in [0.05, 0.1) is 5.39 Å². The van der Waals surface area contributed by atoms with Gasteiger partial charge in [-0.25, -0.2) is 14.4 Å². The fourth-order valence-electron chi connectivity index (χ4n) is 3.17. The lowest BCUT2D eigenvalue weighted by molar-refractivity contribution is -0.144. The first kappa shape index (κ1) is 18.8. The summed E-state index contributed by atoms with van der Waals surface area (Å²) in [6.07, 6.45) is 0.732. The molecule has 1 aliphatic carbocycles. The number of fused-ring (bicyclic) bond motifs is 3. The van der Waals surface area contributed by atoms with Gasteiger partial charge in [-0.1, -0.05) is 0 Å². The SMILES string of the molecule is CC(Oc1cc(OC(C)C(=O)O)c2c3c(c(=O)oc2c1)CCCC3)C(=O)O. The van der Waals surface area contributed by atoms with Crippen LogP contribution in [0.3, 0.4) is 0 Å². The molecule has 0 aliphatic heterocycles. The van der Waals surface area contributed by atoms with Crippen molar-refractivity contribution in [2.45, 2.75) is 51.7 Å². The molecule has 1 heterocycles. The molecule has 2 unspecified atom stereocenters. The number of aryl methyl sites for hydroxylation is 1. The van der Waals surface area contributed by atoms with Crippen LogP contribution in [0.5, 0.6) is 11.5 Å². The maximum absolute atomic E-state index is 12.3. The molecule has 0 amide bonds. The molecule has 8 nitrogen and oxygen atoms in total. The number of rotatable bonds is 6. The van der Waals surface area contributed by atoms with Crippen LogP contribution >= 0.6 is 0 Å². The Balaban J connectivity index is 2.20. The second-order valence-corrected chi connectivity index (χ2v) is 6.54. The van der Waals surface area contributed by atoms with Crippen LogP contribution in [-0.4, -0.2) is 34.4 Å². The van der Waals surface area contributed by atoms with Gasteiger partial charge in [0.25, 0.3) is 0 Å². The van der Waals surface area contributed by atoms with Gasteiger partial charge in [-0.2, -0.15) is 0 Å². The van der Waals surface area contributed by atoms with Crippen LogP contribution in [0.2, 0.25) is 0 Å². The highest BCUT2D eigenvalue weighted by Crippen LogP contribution is 2.37. The molecule has 0 spiro atoms. The molecule has 0 radical (unpaired) electrons. The average Bonchev–Trinajstić information content (AvgIpc) is 2.61. The normalized spacial score (nSPS) is 15.6. The molecule has 3 rings (SSSR count). The van der Waals surface area contributed by atoms with Crippen LogP contribution in [0.25, 0.3) is 11.0 Å². The molecule has 0 saturated heterocycles. The first-order chi connectivity index (χ1) is 12.8. The third kappa shape index (κ3) is 3.74. The molecule has 1 aromatic carbocycles. The highest BCUT2D eigenvalue weighted by Gasteiger charge is 2.24. The van der Waals surface area contributed by atoms with Gasteiger partial charge in [-0.15, -0.1) is 0 Å². The number of carbonyl (C=O) groups is 2. The smallest absolute Gasteiger partial charge is 0.344 e. The standard InChI is InChI=1S/C19H20O8/c1-9(17(20)21)25-11-7-14(26-10(2)18(22)23)16-12-5-3-4-6-13(12)19(24)27-15(16)8-11/h7-10H,3-6H2,1-2H3,(H,20,21)(H,22,23). The summed E-state index contributed by atoms with van der Waals surface area (Å²) < 4.78 is 16.4. The zero-order chi connectivity index (χ0) is 19.7. The Hall–Kier alpha value is -3.03. The lowest BCUT2D eigenvalue weighted by Crippen LogP contribution is -2.24. The fraction of sp³-hybridized carbons (Fsp3) is 0.421. The lowest BCUT2D eigenvalue weighted by Gasteiger charge is -2.20. The van der Waals surface area contributed by atoms with E-state index in [1.165, 1.54) is 26.0 Å². The molecule has 27 heavy (non-hydrogen) atoms. The number of carboxylic acid groups (broad SMARTS) is 2. The van der Waals surface area contributed by atoms with Crippen molar-refractivity contribution in [3.05, 3.63) is 33.7 Å². The Labute approximate surface area is 154 Å². The van der Waals surface area contributed by atoms with Crippen LogP contribution in [0.4, 0.5) is 0 Å². The molecule has 2 atom stereocenters. The van der Waals surface area contributed by atoms with Crippen molar-refractivity contribution in [2.24, 2.45) is 0 Å². The van der Waals surface area contributed by atoms with E-state index < -0.39 is 29.8 Å². The zero-order valence-electron chi connectivity index (χ0n) is 15.0. The molecule has 8 heteroatoms. The number of hydrogen-bond acceptors (Lipinski definition) is 6. The Morgan fingerprint density at radius 3 is 2.22 bits per heavy atom. The predicted octanol–water partition coefficient (Wildman–Crippen LogP) is 2.38. The quantitative estimate of drug-likeness (QED) is 0.737. The fourth-order valence-corrected chi connectivity index (χ4v) is 3.17. The third-order valence-electron chi connectivity index (χ3n) is 4.57. The first-order valence-electron chi connectivity index (χ1n) is 8.69. The summed E-state index contributed by atoms with van der Waals surface area (Å²) in [5, 5.41) is 18.8. The van der Waals surface area contributed by atoms with E-state index in [2.05, 4.69) is 0 Å². The number of hydrogen-bond donors (Lipinski definition) is 2. The summed E-state index contributed by atoms with van der Waals surface area (Å²) in [4.78, 5) is 34.6. The Morgan fingerprint density at radius 2 is 1.59 bits per heavy atom. The van der Waals surface area contributed by atoms with E-state index in [4.69, 9.17) is 19.0 Å². The van der Waals surface area contributed by atoms with Crippen LogP contribution in [0, 0.1) is 0 Å². The molecule has 144 valence electrons. The molecule has 0 fully saturated rings. The van der Waals surface area contributed by atoms with Crippen molar-refractivity contribution >= 4 is 22.9 Å². The Kier molecular flexibility index (Phi) is 5.07. The predicted molar refractivity (Wildman–Crippen MR) is 94.6 cm³/mol. The summed E-state index contributed by atoms with van der Waals surface area (Å²) in [7, 11) is 0. The summed E-state index contributed by atoms with van der Waals surface area (Å²) >= 11 is 0. The Morgan fingerprint density at radius 1 is 1.00 bits per heavy atom. The van der Waals surface area contributed by atoms with Gasteiger partial charge in [0.15, 0.2) is 12.2 Å². The summed E-state index contributed by atoms with van der Waals surface area (Å²) in [5.41, 5.74) is 1.10. The molecular formula is C19H20O8. The van der Waals surface area contributed by atoms with E-state index >= 15 is 0 Å². The number of benzene rings is 1. The van der Waals surface area contributed by atoms with E-state index in [1.54, 1.807) is 0 Å². The summed E-state index contributed by atoms with van der Waals surface area (Å²) in [6, 6.07) is 2.87. The van der Waals surface area contributed by atoms with Gasteiger partial charge in [0.1, 0.15) is 17.1 Å². The van der Waals surface area contributed by atoms with Crippen LogP contribution in [0.15, 0.2) is 21.3 Å². The molecule has 1 aliphatic rings. The number of carboxylic acids is 2. The molecule has 1 aromatic heterocycles. The average molecular weight is 376 g/mol. The topological polar surface area (TPSA) is 123 Å². The lowest BCUT2D eigenvalue weighted by atomic mass is 9.90. The zero-order valence-corrected chi connectivity index (χ0v) is 15.0. The maximum Gasteiger partial charge on any atom is 0.344 e. The summed E-state index contributed by atoms with van der Waals surface area (Å²) in [6.45, 7) is 2.74. The molecular weight excluding hydrogens is 356 g/mol. The van der Waals surface area contributed by atoms with Crippen molar-refractivity contribution in [2.75, 3.05) is 0 Å². The van der Waals surface area contributed by atoms with Gasteiger partial charge >= 0.3 is 17.6 Å². The monoisotopic (exact) mass is 376 g/mol. The van der Waals surface area contributed by atoms with Gasteiger partial charge in [0.2, 0.25) is 0 Å². The van der Waals surface area contributed by atoms with Crippen molar-refractivity contribution < 1.29 is 33.7 Å². The van der Waals surface area contributed by atoms with Gasteiger partial charge in [-0.05, 0) is 45.1 Å². The number of ether oxygens (including phenoxy) is 2. The molecule has 0 saturated carbocycles. The van der Waals surface area contributed by atoms with E-state index in [0.717, 1.165) is 18.4 Å². The van der Waals surface area contributed by atoms with Crippen LogP contribution in [-0.2, 0) is 22.4 Å². The van der Waals surface area contributed by atoms with E-state index in [1.807, 2.05) is 0 Å². The highest BCUT2D eigenvalue weighted by molar-refractivity contribution is 5.90. The summed E-state index contributed by atoms with van der Waals surface area (Å²) in [5.74, 6) is -2.01. The molecule has 0 bridgehead atoms. The van der Waals surface area contributed by atoms with Crippen LogP contribution in [0.1, 0.15) is 37.8 Å². The molecule has 2 aromatic rings. The second-order valence-electron chi connectivity index (χ2n) is 6.54. The molecule has 2 N–H and O–H groups in total. The van der Waals surface area contributed by atoms with Crippen molar-refractivity contribution in [3.8, 4) is 11.5 Å².